The van der Waals surface area contributed by atoms with Gasteiger partial charge >= 0.3 is 0 Å². The number of halogens is 2. The number of nitrogens with two attached hydrogens (primary N) is 1. The molecule has 0 unspecified atom stereocenters. The zero-order valence-electron chi connectivity index (χ0n) is 39.9. The Morgan fingerprint density at radius 3 is 2.49 bits per heavy atom. The third kappa shape index (κ3) is 9.57. The minimum atomic E-state index is -0.723. The van der Waals surface area contributed by atoms with Crippen LogP contribution in [0.5, 0.6) is 5.75 Å². The number of aromatic nitrogens is 8. The van der Waals surface area contributed by atoms with Gasteiger partial charge in [-0.1, -0.05) is 18.7 Å². The molecule has 2 saturated carbocycles. The van der Waals surface area contributed by atoms with E-state index in [2.05, 4.69) is 50.9 Å². The number of nitrogens with one attached hydrogen (secondary N) is 3. The number of nitrogen functional groups attached to an aromatic ring is 1. The van der Waals surface area contributed by atoms with E-state index in [1.165, 1.54) is 29.4 Å². The molecule has 362 valence electrons. The van der Waals surface area contributed by atoms with Crippen molar-refractivity contribution in [2.24, 2.45) is 0 Å². The minimum Gasteiger partial charge on any atom is -0.486 e. The van der Waals surface area contributed by atoms with Crippen molar-refractivity contribution >= 4 is 51.9 Å². The summed E-state index contributed by atoms with van der Waals surface area (Å²) in [5.74, 6) is 0.0853. The van der Waals surface area contributed by atoms with Crippen LogP contribution in [-0.2, 0) is 11.3 Å². The lowest BCUT2D eigenvalue weighted by Gasteiger charge is -2.36. The molecule has 10 rings (SSSR count). The first-order valence-electron chi connectivity index (χ1n) is 23.7. The Kier molecular flexibility index (Phi) is 12.4. The fourth-order valence-corrected chi connectivity index (χ4v) is 9.32. The van der Waals surface area contributed by atoms with Gasteiger partial charge in [0.2, 0.25) is 11.9 Å². The van der Waals surface area contributed by atoms with Crippen molar-refractivity contribution in [3.63, 3.8) is 0 Å². The average Bonchev–Trinajstić information content (AvgIpc) is 4.27. The standard InChI is InChI=1S/C51H56F2N14O3/c1-27-7-14-40-42(17-27)60-43(59-40)25-66(51-63-50(65-23-29(3)58-30(4)24-65)62-47-38(33-10-11-33)21-57-67(47)51)22-28(2)49(69)64(6)15-16-70-45-44(55-26-56-46(45)54)37-19-35(52)20-41(31(37)5)61-48(68)36-13-12-34(18-39(36)53)32-8-9-32/h7,12-14,17-21,26,29-30,32-33,58H,2,8-11,15-16,22-25H2,1,3-6H3,(H,59,60)(H,61,68)(H2,54,55,56)/t29-,30+. The Labute approximate surface area is 403 Å². The highest BCUT2D eigenvalue weighted by molar-refractivity contribution is 6.05. The normalized spacial score (nSPS) is 17.0. The van der Waals surface area contributed by atoms with E-state index in [9.17, 15) is 9.59 Å². The number of hydrogen-bond acceptors (Lipinski definition) is 13. The smallest absolute Gasteiger partial charge is 0.258 e. The maximum Gasteiger partial charge on any atom is 0.258 e. The molecule has 5 N–H and O–H groups in total. The van der Waals surface area contributed by atoms with Crippen LogP contribution in [-0.4, -0.2) is 108 Å². The van der Waals surface area contributed by atoms with Crippen molar-refractivity contribution in [2.45, 2.75) is 83.8 Å². The van der Waals surface area contributed by atoms with E-state index >= 15 is 8.78 Å². The van der Waals surface area contributed by atoms with Crippen molar-refractivity contribution < 1.29 is 23.1 Å². The number of rotatable bonds is 16. The summed E-state index contributed by atoms with van der Waals surface area (Å²) < 4.78 is 38.4. The lowest BCUT2D eigenvalue weighted by Crippen LogP contribution is -2.54. The van der Waals surface area contributed by atoms with Gasteiger partial charge in [0.05, 0.1) is 42.4 Å². The van der Waals surface area contributed by atoms with Crippen LogP contribution in [0.15, 0.2) is 73.2 Å². The van der Waals surface area contributed by atoms with Gasteiger partial charge in [0.1, 0.15) is 36.1 Å². The SMILES string of the molecule is C=C(CN(Cc1nc2ccc(C)cc2[nH]1)c1nc(N2C[C@@H](C)N[C@@H](C)C2)nc2c(C3CC3)cnn12)C(=O)N(C)CCOc1c(N)ncnc1-c1cc(F)cc(NC(=O)c2ccc(C3CC3)cc2F)c1C. The van der Waals surface area contributed by atoms with Crippen LogP contribution in [0.25, 0.3) is 27.9 Å². The summed E-state index contributed by atoms with van der Waals surface area (Å²) in [5, 5.41) is 11.1. The summed E-state index contributed by atoms with van der Waals surface area (Å²) in [6.45, 7) is 14.1. The van der Waals surface area contributed by atoms with Gasteiger partial charge in [-0.25, -0.2) is 23.7 Å². The number of fused-ring (bicyclic) bond motifs is 2. The summed E-state index contributed by atoms with van der Waals surface area (Å²) in [4.78, 5) is 60.5. The summed E-state index contributed by atoms with van der Waals surface area (Å²) in [6.07, 6.45) is 7.22. The number of amides is 2. The second-order valence-electron chi connectivity index (χ2n) is 19.1. The molecule has 3 fully saturated rings. The van der Waals surface area contributed by atoms with Gasteiger partial charge in [0.25, 0.3) is 11.8 Å². The molecular weight excluding hydrogens is 895 g/mol. The lowest BCUT2D eigenvalue weighted by molar-refractivity contribution is -0.126. The zero-order valence-corrected chi connectivity index (χ0v) is 39.9. The van der Waals surface area contributed by atoms with Crippen molar-refractivity contribution in [2.75, 3.05) is 60.7 Å². The number of benzene rings is 3. The van der Waals surface area contributed by atoms with Crippen LogP contribution in [0, 0.1) is 25.5 Å². The maximum atomic E-state index is 15.3. The molecule has 3 aliphatic rings. The average molecular weight is 951 g/mol. The van der Waals surface area contributed by atoms with Crippen molar-refractivity contribution in [1.82, 2.24) is 49.7 Å². The number of ether oxygens (including phenoxy) is 1. The first kappa shape index (κ1) is 46.2. The Morgan fingerprint density at radius 1 is 0.971 bits per heavy atom. The summed E-state index contributed by atoms with van der Waals surface area (Å²) >= 11 is 0. The van der Waals surface area contributed by atoms with Crippen LogP contribution >= 0.6 is 0 Å². The third-order valence-corrected chi connectivity index (χ3v) is 13.2. The van der Waals surface area contributed by atoms with Crippen LogP contribution in [0.1, 0.15) is 89.8 Å². The molecule has 1 aliphatic heterocycles. The number of aryl methyl sites for hydroxylation is 1. The van der Waals surface area contributed by atoms with E-state index in [-0.39, 0.29) is 83.9 Å². The van der Waals surface area contributed by atoms with Crippen LogP contribution < -0.4 is 30.9 Å². The number of carbonyl (C=O) groups excluding carboxylic acids is 2. The van der Waals surface area contributed by atoms with Gasteiger partial charge < -0.3 is 40.8 Å². The fourth-order valence-electron chi connectivity index (χ4n) is 9.32. The molecule has 0 radical (unpaired) electrons. The Hall–Kier alpha value is -7.54. The molecule has 17 nitrogen and oxygen atoms in total. The fraction of sp³-hybridized carbons (Fsp3) is 0.373. The lowest BCUT2D eigenvalue weighted by atomic mass is 10.0. The minimum absolute atomic E-state index is 0.0180. The van der Waals surface area contributed by atoms with Crippen LogP contribution in [0.3, 0.4) is 0 Å². The van der Waals surface area contributed by atoms with E-state index in [0.717, 1.165) is 78.2 Å². The molecule has 7 aromatic rings. The first-order valence-corrected chi connectivity index (χ1v) is 23.7. The summed E-state index contributed by atoms with van der Waals surface area (Å²) in [6, 6.07) is 13.5. The van der Waals surface area contributed by atoms with Crippen LogP contribution in [0.2, 0.25) is 0 Å². The number of aromatic amines is 1. The molecule has 70 heavy (non-hydrogen) atoms. The summed E-state index contributed by atoms with van der Waals surface area (Å²) in [5.41, 5.74) is 12.9. The second kappa shape index (κ2) is 18.8. The molecule has 0 bridgehead atoms. The molecule has 2 amide bonds. The zero-order chi connectivity index (χ0) is 49.0. The van der Waals surface area contributed by atoms with Gasteiger partial charge in [-0.05, 0) is 118 Å². The van der Waals surface area contributed by atoms with E-state index < -0.39 is 17.5 Å². The van der Waals surface area contributed by atoms with Crippen molar-refractivity contribution in [1.29, 1.82) is 0 Å². The number of H-pyrrole nitrogens is 1. The van der Waals surface area contributed by atoms with Crippen molar-refractivity contribution in [3.05, 3.63) is 118 Å². The molecule has 0 spiro atoms. The summed E-state index contributed by atoms with van der Waals surface area (Å²) in [7, 11) is 1.64. The maximum absolute atomic E-state index is 15.3. The van der Waals surface area contributed by atoms with E-state index in [0.29, 0.717) is 35.1 Å². The highest BCUT2D eigenvalue weighted by Gasteiger charge is 2.33. The second-order valence-corrected chi connectivity index (χ2v) is 19.1. The van der Waals surface area contributed by atoms with E-state index in [4.69, 9.17) is 30.5 Å². The number of likely N-dealkylation sites (N-methyl/N-ethyl adjacent to an activating group) is 1. The van der Waals surface area contributed by atoms with Gasteiger partial charge in [0.15, 0.2) is 17.2 Å². The number of anilines is 4. The number of hydrogen-bond donors (Lipinski definition) is 4. The highest BCUT2D eigenvalue weighted by atomic mass is 19.1. The van der Waals surface area contributed by atoms with E-state index in [1.807, 2.05) is 36.2 Å². The molecular formula is C51H56F2N14O3. The monoisotopic (exact) mass is 950 g/mol. The van der Waals surface area contributed by atoms with Crippen LogP contribution in [0.4, 0.5) is 32.2 Å². The Bertz CT molecular complexity index is 3170. The molecule has 1 saturated heterocycles. The third-order valence-electron chi connectivity index (χ3n) is 13.2. The molecule has 19 heteroatoms. The predicted octanol–water partition coefficient (Wildman–Crippen LogP) is 7.23. The molecule has 3 aromatic carbocycles. The van der Waals surface area contributed by atoms with E-state index in [1.54, 1.807) is 24.6 Å². The van der Waals surface area contributed by atoms with Gasteiger partial charge in [0, 0.05) is 54.6 Å². The van der Waals surface area contributed by atoms with Crippen molar-refractivity contribution in [3.8, 4) is 17.0 Å². The molecule has 5 heterocycles. The number of imidazole rings is 1. The largest absolute Gasteiger partial charge is 0.486 e. The Morgan fingerprint density at radius 2 is 1.74 bits per heavy atom. The highest BCUT2D eigenvalue weighted by Crippen LogP contribution is 2.43. The quantitative estimate of drug-likeness (QED) is 0.0708. The van der Waals surface area contributed by atoms with Gasteiger partial charge in [-0.2, -0.15) is 19.6 Å². The van der Waals surface area contributed by atoms with Gasteiger partial charge in [-0.3, -0.25) is 9.59 Å². The van der Waals surface area contributed by atoms with Gasteiger partial charge in [-0.15, -0.1) is 0 Å². The number of nitrogens with zero attached hydrogens (tertiary/aromatic N) is 10. The number of piperazine rings is 1. The molecule has 2 atom stereocenters. The topological polar surface area (TPSA) is 201 Å². The first-order chi connectivity index (χ1) is 33.7. The Balaban J connectivity index is 0.880. The molecule has 2 aliphatic carbocycles. The number of carbonyl (C=O) groups is 2. The molecule has 4 aromatic heterocycles. The predicted molar refractivity (Wildman–Crippen MR) is 264 cm³/mol.